The van der Waals surface area contributed by atoms with Crippen LogP contribution in [0.1, 0.15) is 0 Å². The summed E-state index contributed by atoms with van der Waals surface area (Å²) in [6.07, 6.45) is 0. The molecule has 0 aromatic heterocycles. The molecule has 1 nitrogen and oxygen atoms in total. The van der Waals surface area contributed by atoms with Gasteiger partial charge in [-0.15, -0.1) is 0 Å². The molecule has 0 atom stereocenters. The number of fused-ring (bicyclic) bond motifs is 7. The zero-order valence-corrected chi connectivity index (χ0v) is 40.1. The second-order valence-electron chi connectivity index (χ2n) is 19.2. The molecule has 0 saturated heterocycles. The summed E-state index contributed by atoms with van der Waals surface area (Å²) in [6, 6.07) is 105. The van der Waals surface area contributed by atoms with E-state index in [1.807, 2.05) is 0 Å². The molecule has 0 radical (unpaired) electrons. The summed E-state index contributed by atoms with van der Waals surface area (Å²) < 4.78 is 0. The molecule has 0 aliphatic heterocycles. The summed E-state index contributed by atoms with van der Waals surface area (Å²) in [5.74, 6) is 0. The maximum Gasteiger partial charge on any atom is 0.0624 e. The molecular formula is C72H47N. The second-order valence-corrected chi connectivity index (χ2v) is 19.2. The summed E-state index contributed by atoms with van der Waals surface area (Å²) in [6.45, 7) is 0. The van der Waals surface area contributed by atoms with E-state index in [1.165, 1.54) is 115 Å². The minimum Gasteiger partial charge on any atom is -0.309 e. The Morgan fingerprint density at radius 3 is 1.07 bits per heavy atom. The Bertz CT molecular complexity index is 4380. The van der Waals surface area contributed by atoms with Crippen molar-refractivity contribution < 1.29 is 0 Å². The molecule has 0 aliphatic carbocycles. The van der Waals surface area contributed by atoms with E-state index >= 15 is 0 Å². The SMILES string of the molecule is c1ccc(-c2c(N(c3ccccc3)c3ccccc3)c3ccccc3c3cc4c(-c5cccc(-c6ccc7ccccc7c6)c5)c5ccccc5c(-c5cccc(-c6ccc7ccccc7c6)c5)c4cc23)cc1. The van der Waals surface area contributed by atoms with Crippen molar-refractivity contribution in [2.45, 2.75) is 0 Å². The van der Waals surface area contributed by atoms with Crippen molar-refractivity contribution in [3.8, 4) is 55.6 Å². The Morgan fingerprint density at radius 2 is 0.548 bits per heavy atom. The van der Waals surface area contributed by atoms with Gasteiger partial charge in [0.1, 0.15) is 0 Å². The molecule has 0 heterocycles. The molecule has 0 saturated carbocycles. The zero-order chi connectivity index (χ0) is 48.2. The van der Waals surface area contributed by atoms with Crippen LogP contribution in [0.5, 0.6) is 0 Å². The van der Waals surface area contributed by atoms with Crippen molar-refractivity contribution in [1.82, 2.24) is 0 Å². The standard InChI is InChI=1S/C72H47N/c1-4-22-50(23-5-1)71-66-47-68-67(46-65(66)61-34-14-17-37-64(61)72(71)73(59-30-6-2-7-31-59)60-32-8-3-9-33-60)69(57-28-18-26-53(44-57)55-40-38-48-20-10-12-24-51(48)42-55)62-35-15-16-36-63(62)70(68)58-29-19-27-54(45-58)56-41-39-49-21-11-13-25-52(49)43-56/h1-47H. The first-order valence-corrected chi connectivity index (χ1v) is 25.2. The van der Waals surface area contributed by atoms with Crippen molar-refractivity contribution in [2.75, 3.05) is 4.90 Å². The molecule has 1 heteroatoms. The Kier molecular flexibility index (Phi) is 10.3. The van der Waals surface area contributed by atoms with Crippen LogP contribution in [-0.4, -0.2) is 0 Å². The Hall–Kier alpha value is -9.56. The lowest BCUT2D eigenvalue weighted by Crippen LogP contribution is -2.12. The van der Waals surface area contributed by atoms with E-state index in [1.54, 1.807) is 0 Å². The molecule has 14 aromatic carbocycles. The van der Waals surface area contributed by atoms with E-state index in [-0.39, 0.29) is 0 Å². The van der Waals surface area contributed by atoms with Gasteiger partial charge in [-0.3, -0.25) is 0 Å². The predicted octanol–water partition coefficient (Wildman–Crippen LogP) is 20.4. The summed E-state index contributed by atoms with van der Waals surface area (Å²) in [5, 5.41) is 14.6. The number of benzene rings is 14. The maximum atomic E-state index is 2.54. The molecule has 0 aliphatic rings. The van der Waals surface area contributed by atoms with Crippen molar-refractivity contribution in [2.24, 2.45) is 0 Å². The summed E-state index contributed by atoms with van der Waals surface area (Å²) in [7, 11) is 0. The van der Waals surface area contributed by atoms with Gasteiger partial charge in [0.25, 0.3) is 0 Å². The number of rotatable bonds is 8. The molecule has 73 heavy (non-hydrogen) atoms. The van der Waals surface area contributed by atoms with E-state index in [2.05, 4.69) is 290 Å². The van der Waals surface area contributed by atoms with Gasteiger partial charge in [-0.2, -0.15) is 0 Å². The van der Waals surface area contributed by atoms with Crippen LogP contribution in [0.15, 0.2) is 285 Å². The van der Waals surface area contributed by atoms with Crippen LogP contribution in [0.3, 0.4) is 0 Å². The van der Waals surface area contributed by atoms with Gasteiger partial charge in [0.05, 0.1) is 5.69 Å². The molecule has 14 rings (SSSR count). The summed E-state index contributed by atoms with van der Waals surface area (Å²) >= 11 is 0. The van der Waals surface area contributed by atoms with E-state index in [4.69, 9.17) is 0 Å². The van der Waals surface area contributed by atoms with Gasteiger partial charge in [0.2, 0.25) is 0 Å². The molecule has 0 unspecified atom stereocenters. The largest absolute Gasteiger partial charge is 0.309 e. The van der Waals surface area contributed by atoms with Gasteiger partial charge < -0.3 is 4.90 Å². The highest BCUT2D eigenvalue weighted by Gasteiger charge is 2.26. The van der Waals surface area contributed by atoms with E-state index in [0.717, 1.165) is 22.6 Å². The lowest BCUT2D eigenvalue weighted by Gasteiger charge is -2.31. The van der Waals surface area contributed by atoms with Gasteiger partial charge in [-0.05, 0) is 170 Å². The van der Waals surface area contributed by atoms with Crippen LogP contribution >= 0.6 is 0 Å². The van der Waals surface area contributed by atoms with Crippen LogP contribution in [-0.2, 0) is 0 Å². The third kappa shape index (κ3) is 7.33. The molecule has 0 bridgehead atoms. The first-order chi connectivity index (χ1) is 36.2. The fourth-order valence-electron chi connectivity index (χ4n) is 11.6. The molecule has 340 valence electrons. The molecule has 14 aromatic rings. The summed E-state index contributed by atoms with van der Waals surface area (Å²) in [5.41, 5.74) is 15.3. The number of para-hydroxylation sites is 2. The molecule has 0 amide bonds. The second kappa shape index (κ2) is 17.7. The minimum atomic E-state index is 1.10. The third-order valence-corrected chi connectivity index (χ3v) is 14.9. The van der Waals surface area contributed by atoms with Gasteiger partial charge in [0.15, 0.2) is 0 Å². The van der Waals surface area contributed by atoms with Gasteiger partial charge >= 0.3 is 0 Å². The molecule has 0 N–H and O–H groups in total. The smallest absolute Gasteiger partial charge is 0.0624 e. The third-order valence-electron chi connectivity index (χ3n) is 14.9. The highest BCUT2D eigenvalue weighted by atomic mass is 15.1. The average molecular weight is 926 g/mol. The van der Waals surface area contributed by atoms with Gasteiger partial charge in [-0.25, -0.2) is 0 Å². The molecule has 0 fully saturated rings. The fourth-order valence-corrected chi connectivity index (χ4v) is 11.6. The molecular weight excluding hydrogens is 879 g/mol. The zero-order valence-electron chi connectivity index (χ0n) is 40.1. The number of nitrogens with zero attached hydrogens (tertiary/aromatic N) is 1. The topological polar surface area (TPSA) is 3.24 Å². The van der Waals surface area contributed by atoms with Gasteiger partial charge in [0, 0.05) is 22.3 Å². The van der Waals surface area contributed by atoms with E-state index in [9.17, 15) is 0 Å². The van der Waals surface area contributed by atoms with Crippen molar-refractivity contribution in [1.29, 1.82) is 0 Å². The lowest BCUT2D eigenvalue weighted by molar-refractivity contribution is 1.30. The Morgan fingerprint density at radius 1 is 0.178 bits per heavy atom. The lowest BCUT2D eigenvalue weighted by atomic mass is 9.82. The normalized spacial score (nSPS) is 11.6. The average Bonchev–Trinajstić information content (AvgIpc) is 3.46. The van der Waals surface area contributed by atoms with Crippen molar-refractivity contribution in [3.05, 3.63) is 285 Å². The predicted molar refractivity (Wildman–Crippen MR) is 313 cm³/mol. The van der Waals surface area contributed by atoms with Crippen LogP contribution in [0.25, 0.3) is 120 Å². The van der Waals surface area contributed by atoms with Crippen LogP contribution < -0.4 is 4.90 Å². The van der Waals surface area contributed by atoms with Gasteiger partial charge in [-0.1, -0.05) is 224 Å². The Labute approximate surface area is 425 Å². The first-order valence-electron chi connectivity index (χ1n) is 25.2. The number of hydrogen-bond acceptors (Lipinski definition) is 1. The molecule has 0 spiro atoms. The quantitative estimate of drug-likeness (QED) is 0.108. The van der Waals surface area contributed by atoms with Crippen LogP contribution in [0.4, 0.5) is 17.1 Å². The maximum absolute atomic E-state index is 2.54. The van der Waals surface area contributed by atoms with Crippen molar-refractivity contribution in [3.63, 3.8) is 0 Å². The number of anilines is 3. The van der Waals surface area contributed by atoms with Crippen LogP contribution in [0.2, 0.25) is 0 Å². The Balaban J connectivity index is 1.13. The monoisotopic (exact) mass is 925 g/mol. The number of hydrogen-bond donors (Lipinski definition) is 0. The minimum absolute atomic E-state index is 1.10. The highest BCUT2D eigenvalue weighted by molar-refractivity contribution is 6.30. The van der Waals surface area contributed by atoms with Crippen LogP contribution in [0, 0.1) is 0 Å². The first kappa shape index (κ1) is 42.3. The van der Waals surface area contributed by atoms with E-state index < -0.39 is 0 Å². The highest BCUT2D eigenvalue weighted by Crippen LogP contribution is 2.53. The van der Waals surface area contributed by atoms with E-state index in [0.29, 0.717) is 0 Å². The summed E-state index contributed by atoms with van der Waals surface area (Å²) in [4.78, 5) is 2.46. The van der Waals surface area contributed by atoms with Crippen molar-refractivity contribution >= 4 is 81.7 Å². The fraction of sp³-hybridized carbons (Fsp3) is 0.